The number of ether oxygens (including phenoxy) is 2. The van der Waals surface area contributed by atoms with E-state index in [1.54, 1.807) is 24.3 Å². The van der Waals surface area contributed by atoms with E-state index in [-0.39, 0.29) is 37.6 Å². The second-order valence-corrected chi connectivity index (χ2v) is 12.0. The molecule has 2 fully saturated rings. The van der Waals surface area contributed by atoms with Crippen molar-refractivity contribution < 1.29 is 38.6 Å². The van der Waals surface area contributed by atoms with Gasteiger partial charge in [0.1, 0.15) is 22.7 Å². The van der Waals surface area contributed by atoms with Crippen LogP contribution >= 0.6 is 0 Å². The minimum atomic E-state index is -1.16. The molecule has 0 bridgehead atoms. The molecule has 2 aliphatic rings. The van der Waals surface area contributed by atoms with Gasteiger partial charge in [0.15, 0.2) is 0 Å². The summed E-state index contributed by atoms with van der Waals surface area (Å²) in [6, 6.07) is 30.8. The molecule has 50 heavy (non-hydrogen) atoms. The van der Waals surface area contributed by atoms with Crippen LogP contribution in [0.4, 0.5) is 11.4 Å². The van der Waals surface area contributed by atoms with Crippen molar-refractivity contribution in [3.05, 3.63) is 141 Å². The second-order valence-electron chi connectivity index (χ2n) is 12.0. The monoisotopic (exact) mass is 682 g/mol. The van der Waals surface area contributed by atoms with Crippen LogP contribution < -0.4 is 9.47 Å². The van der Waals surface area contributed by atoms with Gasteiger partial charge in [0, 0.05) is 76.1 Å². The van der Waals surface area contributed by atoms with Gasteiger partial charge in [0.2, 0.25) is 0 Å². The molecule has 2 saturated heterocycles. The molecular formula is C36H34N4O10. The molecule has 2 aliphatic heterocycles. The van der Waals surface area contributed by atoms with Crippen LogP contribution in [0.3, 0.4) is 0 Å². The first-order valence-corrected chi connectivity index (χ1v) is 16.1. The van der Waals surface area contributed by atoms with Crippen molar-refractivity contribution in [3.8, 4) is 11.5 Å². The van der Waals surface area contributed by atoms with Crippen molar-refractivity contribution in [2.75, 3.05) is 26.2 Å². The number of nitrogens with zero attached hydrogens (tertiary/aromatic N) is 4. The van der Waals surface area contributed by atoms with Gasteiger partial charge in [0.25, 0.3) is 11.4 Å². The molecular weight excluding hydrogens is 648 g/mol. The molecule has 0 radical (unpaired) electrons. The van der Waals surface area contributed by atoms with Gasteiger partial charge >= 0.3 is 11.9 Å². The fourth-order valence-electron chi connectivity index (χ4n) is 6.29. The molecule has 6 rings (SSSR count). The topological polar surface area (TPSA) is 164 Å². The summed E-state index contributed by atoms with van der Waals surface area (Å²) in [5.74, 6) is -1.39. The Kier molecular flexibility index (Phi) is 10.0. The van der Waals surface area contributed by atoms with Crippen LogP contribution in [0.15, 0.2) is 109 Å². The van der Waals surface area contributed by atoms with Crippen LogP contribution in [-0.2, 0) is 30.5 Å². The first-order chi connectivity index (χ1) is 24.1. The Morgan fingerprint density at radius 2 is 0.840 bits per heavy atom. The number of hydrogen-bond donors (Lipinski definition) is 0. The second kappa shape index (κ2) is 14.7. The molecule has 0 atom stereocenters. The van der Waals surface area contributed by atoms with Gasteiger partial charge in [-0.05, 0) is 35.4 Å². The summed E-state index contributed by atoms with van der Waals surface area (Å²) in [4.78, 5) is 57.8. The normalized spacial score (nSPS) is 17.2. The van der Waals surface area contributed by atoms with Crippen LogP contribution in [0.25, 0.3) is 0 Å². The Bertz CT molecular complexity index is 1670. The number of hydrogen-bond acceptors (Lipinski definition) is 12. The number of carbonyl (C=O) groups excluding carboxylic acids is 2. The molecule has 2 heterocycles. The number of nitro benzene ring substituents is 2. The molecule has 0 aromatic heterocycles. The standard InChI is InChI=1S/C36H34N4O10/c41-33(49-37-23-19-35(20-24-37,27-7-3-1-4-8-27)47-31-15-11-29(12-16-31)39(43)44)34(42)50-38-25-21-36(22-26-38,28-9-5-2-6-10-28)48-32-17-13-30(14-18-32)40(45)46/h1-18H,19-26H2. The summed E-state index contributed by atoms with van der Waals surface area (Å²) >= 11 is 0. The van der Waals surface area contributed by atoms with E-state index >= 15 is 0 Å². The lowest BCUT2D eigenvalue weighted by Gasteiger charge is -2.41. The first-order valence-electron chi connectivity index (χ1n) is 16.1. The van der Waals surface area contributed by atoms with E-state index in [2.05, 4.69) is 0 Å². The minimum absolute atomic E-state index is 0.0459. The van der Waals surface area contributed by atoms with Gasteiger partial charge in [0.05, 0.1) is 9.85 Å². The number of hydroxylamine groups is 4. The number of non-ortho nitro benzene ring substituents is 2. The summed E-state index contributed by atoms with van der Waals surface area (Å²) in [7, 11) is 0. The van der Waals surface area contributed by atoms with E-state index < -0.39 is 33.0 Å². The highest BCUT2D eigenvalue weighted by molar-refractivity contribution is 6.29. The Hall–Kier alpha value is -5.86. The van der Waals surface area contributed by atoms with Gasteiger partial charge in [-0.2, -0.15) is 0 Å². The lowest BCUT2D eigenvalue weighted by molar-refractivity contribution is -0.385. The van der Waals surface area contributed by atoms with E-state index in [0.29, 0.717) is 37.2 Å². The van der Waals surface area contributed by atoms with E-state index in [9.17, 15) is 29.8 Å². The molecule has 0 N–H and O–H groups in total. The number of carbonyl (C=O) groups is 2. The lowest BCUT2D eigenvalue weighted by Crippen LogP contribution is -2.49. The molecule has 0 unspecified atom stereocenters. The molecule has 0 amide bonds. The maximum atomic E-state index is 12.8. The highest BCUT2D eigenvalue weighted by Crippen LogP contribution is 2.40. The van der Waals surface area contributed by atoms with Crippen molar-refractivity contribution >= 4 is 23.3 Å². The van der Waals surface area contributed by atoms with Crippen LogP contribution in [0.1, 0.15) is 36.8 Å². The predicted molar refractivity (Wildman–Crippen MR) is 177 cm³/mol. The predicted octanol–water partition coefficient (Wildman–Crippen LogP) is 5.86. The van der Waals surface area contributed by atoms with Gasteiger partial charge in [-0.25, -0.2) is 9.59 Å². The Balaban J connectivity index is 1.05. The highest BCUT2D eigenvalue weighted by Gasteiger charge is 2.42. The van der Waals surface area contributed by atoms with E-state index in [4.69, 9.17) is 19.1 Å². The Morgan fingerprint density at radius 1 is 0.520 bits per heavy atom. The van der Waals surface area contributed by atoms with Crippen LogP contribution in [-0.4, -0.2) is 58.1 Å². The zero-order chi connectivity index (χ0) is 35.1. The molecule has 258 valence electrons. The molecule has 0 aliphatic carbocycles. The number of piperidine rings is 2. The SMILES string of the molecule is O=C(ON1CCC(Oc2ccc([N+](=O)[O-])cc2)(c2ccccc2)CC1)C(=O)ON1CCC(Oc2ccc([N+](=O)[O-])cc2)(c2ccccc2)CC1. The first kappa shape index (κ1) is 34.0. The fraction of sp³-hybridized carbons (Fsp3) is 0.278. The fourth-order valence-corrected chi connectivity index (χ4v) is 6.29. The van der Waals surface area contributed by atoms with Gasteiger partial charge < -0.3 is 19.1 Å². The Labute approximate surface area is 286 Å². The summed E-state index contributed by atoms with van der Waals surface area (Å²) in [6.07, 6.45) is 1.61. The maximum Gasteiger partial charge on any atom is 0.438 e. The minimum Gasteiger partial charge on any atom is -0.482 e. The average molecular weight is 683 g/mol. The van der Waals surface area contributed by atoms with Crippen molar-refractivity contribution in [3.63, 3.8) is 0 Å². The van der Waals surface area contributed by atoms with E-state index in [1.807, 2.05) is 60.7 Å². The molecule has 14 nitrogen and oxygen atoms in total. The zero-order valence-electron chi connectivity index (χ0n) is 26.9. The van der Waals surface area contributed by atoms with Crippen molar-refractivity contribution in [1.82, 2.24) is 10.1 Å². The van der Waals surface area contributed by atoms with Crippen molar-refractivity contribution in [2.24, 2.45) is 0 Å². The third kappa shape index (κ3) is 7.72. The zero-order valence-corrected chi connectivity index (χ0v) is 26.9. The van der Waals surface area contributed by atoms with Crippen LogP contribution in [0.2, 0.25) is 0 Å². The third-order valence-corrected chi connectivity index (χ3v) is 8.97. The molecule has 0 saturated carbocycles. The van der Waals surface area contributed by atoms with Crippen LogP contribution in [0, 0.1) is 20.2 Å². The molecule has 4 aromatic carbocycles. The smallest absolute Gasteiger partial charge is 0.438 e. The largest absolute Gasteiger partial charge is 0.482 e. The number of benzene rings is 4. The van der Waals surface area contributed by atoms with Crippen molar-refractivity contribution in [2.45, 2.75) is 36.9 Å². The number of nitro groups is 2. The summed E-state index contributed by atoms with van der Waals surface area (Å²) in [5.41, 5.74) is 0.119. The van der Waals surface area contributed by atoms with Crippen molar-refractivity contribution in [1.29, 1.82) is 0 Å². The maximum absolute atomic E-state index is 12.8. The summed E-state index contributed by atoms with van der Waals surface area (Å²) in [5, 5.41) is 25.0. The summed E-state index contributed by atoms with van der Waals surface area (Å²) in [6.45, 7) is 1.02. The molecule has 4 aromatic rings. The molecule has 14 heteroatoms. The van der Waals surface area contributed by atoms with E-state index in [1.165, 1.54) is 34.4 Å². The highest BCUT2D eigenvalue weighted by atomic mass is 16.8. The molecule has 0 spiro atoms. The van der Waals surface area contributed by atoms with Crippen LogP contribution in [0.5, 0.6) is 11.5 Å². The quantitative estimate of drug-likeness (QED) is 0.111. The lowest BCUT2D eigenvalue weighted by atomic mass is 9.84. The summed E-state index contributed by atoms with van der Waals surface area (Å²) < 4.78 is 12.9. The van der Waals surface area contributed by atoms with Gasteiger partial charge in [-0.3, -0.25) is 20.2 Å². The average Bonchev–Trinajstić information content (AvgIpc) is 3.14. The van der Waals surface area contributed by atoms with Gasteiger partial charge in [-0.15, -0.1) is 10.1 Å². The van der Waals surface area contributed by atoms with E-state index in [0.717, 1.165) is 11.1 Å². The number of rotatable bonds is 10. The van der Waals surface area contributed by atoms with Gasteiger partial charge in [-0.1, -0.05) is 60.7 Å². The third-order valence-electron chi connectivity index (χ3n) is 8.97. The Morgan fingerprint density at radius 3 is 1.14 bits per heavy atom.